The van der Waals surface area contributed by atoms with Crippen LogP contribution < -0.4 is 16.4 Å². The van der Waals surface area contributed by atoms with Crippen LogP contribution in [-0.4, -0.2) is 34.3 Å². The zero-order valence-corrected chi connectivity index (χ0v) is 12.2. The van der Waals surface area contributed by atoms with Crippen LogP contribution in [0.4, 0.5) is 17.6 Å². The molecule has 1 atom stereocenters. The van der Waals surface area contributed by atoms with Crippen LogP contribution in [0.1, 0.15) is 34.1 Å². The molecule has 0 aliphatic carbocycles. The van der Waals surface area contributed by atoms with Crippen molar-refractivity contribution < 1.29 is 5.11 Å². The summed E-state index contributed by atoms with van der Waals surface area (Å²) in [7, 11) is 0. The third-order valence-corrected chi connectivity index (χ3v) is 2.89. The van der Waals surface area contributed by atoms with Gasteiger partial charge in [-0.1, -0.05) is 20.8 Å². The van der Waals surface area contributed by atoms with Crippen LogP contribution in [0, 0.1) is 5.41 Å². The maximum atomic E-state index is 9.16. The molecule has 0 aliphatic heterocycles. The molecule has 1 heterocycles. The molecule has 0 spiro atoms. The summed E-state index contributed by atoms with van der Waals surface area (Å²) in [6, 6.07) is 1.94. The first-order valence-corrected chi connectivity index (χ1v) is 6.62. The highest BCUT2D eigenvalue weighted by Crippen LogP contribution is 2.25. The maximum absolute atomic E-state index is 9.16. The number of aliphatic hydroxyl groups excluding tert-OH is 1. The zero-order valence-electron chi connectivity index (χ0n) is 12.2. The van der Waals surface area contributed by atoms with E-state index in [4.69, 9.17) is 10.8 Å². The molecule has 5 N–H and O–H groups in total. The lowest BCUT2D eigenvalue weighted by Crippen LogP contribution is -2.35. The molecule has 6 heteroatoms. The van der Waals surface area contributed by atoms with E-state index in [1.807, 2.05) is 13.0 Å². The first-order chi connectivity index (χ1) is 8.86. The molecule has 19 heavy (non-hydrogen) atoms. The van der Waals surface area contributed by atoms with E-state index in [1.54, 1.807) is 0 Å². The van der Waals surface area contributed by atoms with Gasteiger partial charge in [-0.3, -0.25) is 0 Å². The Morgan fingerprint density at radius 2 is 1.95 bits per heavy atom. The minimum Gasteiger partial charge on any atom is -0.396 e. The Bertz CT molecular complexity index is 403. The number of aromatic nitrogens is 2. The lowest BCUT2D eigenvalue weighted by Gasteiger charge is -2.31. The number of nitrogens with zero attached hydrogens (tertiary/aromatic N) is 2. The Morgan fingerprint density at radius 1 is 1.32 bits per heavy atom. The first-order valence-electron chi connectivity index (χ1n) is 6.62. The van der Waals surface area contributed by atoms with Crippen molar-refractivity contribution in [3.63, 3.8) is 0 Å². The molecule has 1 aromatic rings. The first kappa shape index (κ1) is 15.5. The normalized spacial score (nSPS) is 13.1. The van der Waals surface area contributed by atoms with Crippen molar-refractivity contribution in [1.82, 2.24) is 9.97 Å². The highest BCUT2D eigenvalue weighted by atomic mass is 16.3. The van der Waals surface area contributed by atoms with E-state index in [1.165, 1.54) is 0 Å². The van der Waals surface area contributed by atoms with Crippen LogP contribution in [0.25, 0.3) is 0 Å². The van der Waals surface area contributed by atoms with Gasteiger partial charge in [0.15, 0.2) is 0 Å². The molecule has 1 aromatic heterocycles. The average Bonchev–Trinajstić information content (AvgIpc) is 2.27. The van der Waals surface area contributed by atoms with E-state index in [2.05, 4.69) is 41.4 Å². The molecule has 0 radical (unpaired) electrons. The van der Waals surface area contributed by atoms with Crippen molar-refractivity contribution in [2.24, 2.45) is 5.41 Å². The van der Waals surface area contributed by atoms with Crippen LogP contribution in [0.5, 0.6) is 0 Å². The topological polar surface area (TPSA) is 96.1 Å². The fraction of sp³-hybridized carbons (Fsp3) is 0.692. The Kier molecular flexibility index (Phi) is 5.35. The van der Waals surface area contributed by atoms with Crippen LogP contribution >= 0.6 is 0 Å². The number of nitrogens with two attached hydrogens (primary N) is 1. The second-order valence-corrected chi connectivity index (χ2v) is 5.60. The summed E-state index contributed by atoms with van der Waals surface area (Å²) in [4.78, 5) is 8.29. The van der Waals surface area contributed by atoms with Gasteiger partial charge in [0.25, 0.3) is 0 Å². The van der Waals surface area contributed by atoms with Gasteiger partial charge in [0.1, 0.15) is 11.6 Å². The fourth-order valence-corrected chi connectivity index (χ4v) is 1.84. The van der Waals surface area contributed by atoms with Crippen molar-refractivity contribution in [1.29, 1.82) is 0 Å². The van der Waals surface area contributed by atoms with Crippen LogP contribution in [-0.2, 0) is 0 Å². The smallest absolute Gasteiger partial charge is 0.223 e. The minimum atomic E-state index is 0.0147. The Morgan fingerprint density at radius 3 is 2.47 bits per heavy atom. The van der Waals surface area contributed by atoms with Gasteiger partial charge in [-0.15, -0.1) is 0 Å². The standard InChI is InChI=1S/C13H25N5O/c1-5-15-10-8-11(18-12(14)17-10)16-9(6-7-19)13(2,3)4/h8-9,19H,5-7H2,1-4H3,(H4,14,15,16,17,18). The van der Waals surface area contributed by atoms with E-state index in [9.17, 15) is 0 Å². The lowest BCUT2D eigenvalue weighted by molar-refractivity contribution is 0.235. The maximum Gasteiger partial charge on any atom is 0.223 e. The van der Waals surface area contributed by atoms with Crippen molar-refractivity contribution in [3.05, 3.63) is 6.07 Å². The third kappa shape index (κ3) is 4.90. The van der Waals surface area contributed by atoms with E-state index < -0.39 is 0 Å². The van der Waals surface area contributed by atoms with E-state index in [-0.39, 0.29) is 24.0 Å². The number of nitrogens with one attached hydrogen (secondary N) is 2. The Balaban J connectivity index is 2.89. The molecule has 0 bridgehead atoms. The molecule has 0 saturated heterocycles. The number of rotatable bonds is 6. The molecular formula is C13H25N5O. The molecule has 1 rings (SSSR count). The number of anilines is 3. The molecule has 0 aliphatic rings. The van der Waals surface area contributed by atoms with Gasteiger partial charge in [-0.2, -0.15) is 9.97 Å². The molecular weight excluding hydrogens is 242 g/mol. The molecule has 1 unspecified atom stereocenters. The van der Waals surface area contributed by atoms with Crippen molar-refractivity contribution in [3.8, 4) is 0 Å². The van der Waals surface area contributed by atoms with Crippen molar-refractivity contribution in [2.75, 3.05) is 29.5 Å². The predicted octanol–water partition coefficient (Wildman–Crippen LogP) is 1.70. The van der Waals surface area contributed by atoms with E-state index >= 15 is 0 Å². The Labute approximate surface area is 114 Å². The molecule has 0 aromatic carbocycles. The molecule has 108 valence electrons. The Hall–Kier alpha value is -1.56. The van der Waals surface area contributed by atoms with E-state index in [0.29, 0.717) is 18.1 Å². The van der Waals surface area contributed by atoms with Crippen molar-refractivity contribution >= 4 is 17.6 Å². The summed E-state index contributed by atoms with van der Waals surface area (Å²) in [5, 5.41) is 15.6. The van der Waals surface area contributed by atoms with Gasteiger partial charge in [0.05, 0.1) is 0 Å². The van der Waals surface area contributed by atoms with Gasteiger partial charge in [0, 0.05) is 25.3 Å². The van der Waals surface area contributed by atoms with E-state index in [0.717, 1.165) is 6.54 Å². The molecule has 0 amide bonds. The number of hydrogen-bond acceptors (Lipinski definition) is 6. The second-order valence-electron chi connectivity index (χ2n) is 5.60. The largest absolute Gasteiger partial charge is 0.396 e. The second kappa shape index (κ2) is 6.56. The molecule has 0 fully saturated rings. The summed E-state index contributed by atoms with van der Waals surface area (Å²) < 4.78 is 0. The van der Waals surface area contributed by atoms with Crippen LogP contribution in [0.3, 0.4) is 0 Å². The predicted molar refractivity (Wildman–Crippen MR) is 79.2 cm³/mol. The summed E-state index contributed by atoms with van der Waals surface area (Å²) in [6.07, 6.45) is 0.657. The molecule has 6 nitrogen and oxygen atoms in total. The van der Waals surface area contributed by atoms with Gasteiger partial charge in [-0.05, 0) is 18.8 Å². The minimum absolute atomic E-state index is 0.0147. The quantitative estimate of drug-likeness (QED) is 0.626. The number of hydrogen-bond donors (Lipinski definition) is 4. The average molecular weight is 267 g/mol. The fourth-order valence-electron chi connectivity index (χ4n) is 1.84. The summed E-state index contributed by atoms with van der Waals surface area (Å²) in [5.74, 6) is 1.61. The SMILES string of the molecule is CCNc1cc(NC(CCO)C(C)(C)C)nc(N)n1. The van der Waals surface area contributed by atoms with Crippen molar-refractivity contribution in [2.45, 2.75) is 40.2 Å². The molecule has 0 saturated carbocycles. The highest BCUT2D eigenvalue weighted by Gasteiger charge is 2.24. The third-order valence-electron chi connectivity index (χ3n) is 2.89. The van der Waals surface area contributed by atoms with Crippen LogP contribution in [0.2, 0.25) is 0 Å². The zero-order chi connectivity index (χ0) is 14.5. The van der Waals surface area contributed by atoms with Gasteiger partial charge in [-0.25, -0.2) is 0 Å². The van der Waals surface area contributed by atoms with Gasteiger partial charge < -0.3 is 21.5 Å². The van der Waals surface area contributed by atoms with Crippen LogP contribution in [0.15, 0.2) is 6.07 Å². The monoisotopic (exact) mass is 267 g/mol. The highest BCUT2D eigenvalue weighted by molar-refractivity contribution is 5.51. The summed E-state index contributed by atoms with van der Waals surface area (Å²) in [6.45, 7) is 9.27. The summed E-state index contributed by atoms with van der Waals surface area (Å²) in [5.41, 5.74) is 5.71. The lowest BCUT2D eigenvalue weighted by atomic mass is 9.85. The summed E-state index contributed by atoms with van der Waals surface area (Å²) >= 11 is 0. The number of aliphatic hydroxyl groups is 1. The number of nitrogen functional groups attached to an aromatic ring is 1. The van der Waals surface area contributed by atoms with Gasteiger partial charge >= 0.3 is 0 Å². The van der Waals surface area contributed by atoms with Gasteiger partial charge in [0.2, 0.25) is 5.95 Å².